The number of rotatable bonds is 3. The number of urea groups is 1. The van der Waals surface area contributed by atoms with Crippen molar-refractivity contribution in [2.45, 2.75) is 18.4 Å². The molecule has 1 aliphatic heterocycles. The van der Waals surface area contributed by atoms with Crippen molar-refractivity contribution in [2.75, 3.05) is 9.21 Å². The van der Waals surface area contributed by atoms with Crippen LogP contribution in [-0.2, 0) is 6.54 Å². The van der Waals surface area contributed by atoms with Gasteiger partial charge in [0, 0.05) is 10.6 Å². The molecule has 0 aromatic heterocycles. The van der Waals surface area contributed by atoms with E-state index in [0.717, 1.165) is 21.8 Å². The quantitative estimate of drug-likeness (QED) is 0.474. The summed E-state index contributed by atoms with van der Waals surface area (Å²) in [6.45, 7) is 2.06. The molecule has 3 aromatic rings. The van der Waals surface area contributed by atoms with E-state index in [1.54, 1.807) is 21.3 Å². The Morgan fingerprint density at radius 2 is 1.74 bits per heavy atom. The molecule has 0 fully saturated rings. The molecular formula is C21H16ClFN2OS. The molecule has 0 radical (unpaired) electrons. The lowest BCUT2D eigenvalue weighted by molar-refractivity contribution is 0.254. The third kappa shape index (κ3) is 3.40. The second-order valence-electron chi connectivity index (χ2n) is 6.26. The van der Waals surface area contributed by atoms with Crippen molar-refractivity contribution in [3.63, 3.8) is 0 Å². The second kappa shape index (κ2) is 7.25. The van der Waals surface area contributed by atoms with Gasteiger partial charge in [-0.2, -0.15) is 0 Å². The van der Waals surface area contributed by atoms with Crippen molar-refractivity contribution in [1.82, 2.24) is 0 Å². The van der Waals surface area contributed by atoms with Crippen LogP contribution in [0.3, 0.4) is 0 Å². The van der Waals surface area contributed by atoms with Crippen LogP contribution in [0, 0.1) is 12.7 Å². The first kappa shape index (κ1) is 17.9. The Hall–Kier alpha value is -2.50. The van der Waals surface area contributed by atoms with Crippen LogP contribution in [0.5, 0.6) is 0 Å². The topological polar surface area (TPSA) is 23.6 Å². The minimum Gasteiger partial charge on any atom is -0.288 e. The summed E-state index contributed by atoms with van der Waals surface area (Å²) in [5, 5.41) is 0.306. The van der Waals surface area contributed by atoms with Crippen LogP contribution < -0.4 is 9.21 Å². The first-order valence-corrected chi connectivity index (χ1v) is 9.58. The molecule has 3 aromatic carbocycles. The number of halogens is 2. The van der Waals surface area contributed by atoms with Crippen LogP contribution in [0.4, 0.5) is 20.6 Å². The molecule has 4 rings (SSSR count). The molecule has 3 nitrogen and oxygen atoms in total. The van der Waals surface area contributed by atoms with Crippen LogP contribution in [0.1, 0.15) is 11.1 Å². The average molecular weight is 399 g/mol. The Kier molecular flexibility index (Phi) is 4.81. The Morgan fingerprint density at radius 1 is 1.00 bits per heavy atom. The van der Waals surface area contributed by atoms with Crippen LogP contribution in [0.2, 0.25) is 5.02 Å². The van der Waals surface area contributed by atoms with E-state index in [1.165, 1.54) is 18.0 Å². The molecule has 1 aliphatic rings. The molecule has 6 heteroatoms. The lowest BCUT2D eigenvalue weighted by Gasteiger charge is -2.36. The zero-order valence-electron chi connectivity index (χ0n) is 14.5. The Balaban J connectivity index is 1.77. The molecule has 0 atom stereocenters. The van der Waals surface area contributed by atoms with E-state index in [4.69, 9.17) is 11.6 Å². The summed E-state index contributed by atoms with van der Waals surface area (Å²) in [5.74, 6) is -0.423. The number of nitrogens with zero attached hydrogens (tertiary/aromatic N) is 2. The number of hydrogen-bond acceptors (Lipinski definition) is 2. The summed E-state index contributed by atoms with van der Waals surface area (Å²) in [7, 11) is 0. The van der Waals surface area contributed by atoms with Gasteiger partial charge in [-0.15, -0.1) is 0 Å². The van der Waals surface area contributed by atoms with Crippen molar-refractivity contribution in [1.29, 1.82) is 0 Å². The van der Waals surface area contributed by atoms with Gasteiger partial charge in [-0.25, -0.2) is 13.5 Å². The van der Waals surface area contributed by atoms with Crippen molar-refractivity contribution in [3.8, 4) is 0 Å². The number of carbonyl (C=O) groups excluding carboxylic acids is 1. The van der Waals surface area contributed by atoms with Crippen LogP contribution in [-0.4, -0.2) is 6.03 Å². The number of benzene rings is 3. The van der Waals surface area contributed by atoms with Gasteiger partial charge < -0.3 is 0 Å². The van der Waals surface area contributed by atoms with E-state index in [9.17, 15) is 9.18 Å². The lowest BCUT2D eigenvalue weighted by Crippen LogP contribution is -2.43. The first-order valence-electron chi connectivity index (χ1n) is 8.43. The van der Waals surface area contributed by atoms with E-state index in [1.807, 2.05) is 55.5 Å². The predicted molar refractivity (Wildman–Crippen MR) is 109 cm³/mol. The van der Waals surface area contributed by atoms with Gasteiger partial charge in [-0.3, -0.25) is 4.90 Å². The highest BCUT2D eigenvalue weighted by atomic mass is 35.5. The van der Waals surface area contributed by atoms with Crippen molar-refractivity contribution >= 4 is 41.0 Å². The molecule has 2 amide bonds. The van der Waals surface area contributed by atoms with E-state index in [0.29, 0.717) is 10.6 Å². The van der Waals surface area contributed by atoms with Gasteiger partial charge in [0.25, 0.3) is 0 Å². The van der Waals surface area contributed by atoms with Crippen LogP contribution >= 0.6 is 23.5 Å². The highest BCUT2D eigenvalue weighted by Crippen LogP contribution is 2.42. The summed E-state index contributed by atoms with van der Waals surface area (Å²) in [6.07, 6.45) is 0. The van der Waals surface area contributed by atoms with Gasteiger partial charge >= 0.3 is 6.03 Å². The van der Waals surface area contributed by atoms with E-state index >= 15 is 0 Å². The predicted octanol–water partition coefficient (Wildman–Crippen LogP) is 6.44. The zero-order valence-corrected chi connectivity index (χ0v) is 16.1. The van der Waals surface area contributed by atoms with Gasteiger partial charge in [0.1, 0.15) is 5.82 Å². The van der Waals surface area contributed by atoms with Crippen molar-refractivity contribution < 1.29 is 9.18 Å². The molecule has 0 unspecified atom stereocenters. The van der Waals surface area contributed by atoms with Crippen LogP contribution in [0.15, 0.2) is 71.6 Å². The van der Waals surface area contributed by atoms with Crippen LogP contribution in [0.25, 0.3) is 0 Å². The molecule has 0 saturated heterocycles. The van der Waals surface area contributed by atoms with Crippen molar-refractivity contribution in [2.24, 2.45) is 0 Å². The maximum Gasteiger partial charge on any atom is 0.339 e. The highest BCUT2D eigenvalue weighted by molar-refractivity contribution is 8.01. The molecule has 0 saturated carbocycles. The SMILES string of the molecule is Cc1ccc(N2Sc3ccccc3N(Cc3c(F)cccc3Cl)C2=O)cc1. The maximum absolute atomic E-state index is 14.3. The zero-order chi connectivity index (χ0) is 19.0. The molecule has 27 heavy (non-hydrogen) atoms. The average Bonchev–Trinajstić information content (AvgIpc) is 2.67. The lowest BCUT2D eigenvalue weighted by atomic mass is 10.1. The third-order valence-corrected chi connectivity index (χ3v) is 5.84. The number of fused-ring (bicyclic) bond motifs is 1. The van der Waals surface area contributed by atoms with E-state index in [-0.39, 0.29) is 12.6 Å². The number of amides is 2. The molecule has 0 N–H and O–H groups in total. The fourth-order valence-corrected chi connectivity index (χ4v) is 4.18. The smallest absolute Gasteiger partial charge is 0.288 e. The number of carbonyl (C=O) groups is 1. The Morgan fingerprint density at radius 3 is 2.48 bits per heavy atom. The van der Waals surface area contributed by atoms with E-state index < -0.39 is 5.82 Å². The first-order chi connectivity index (χ1) is 13.0. The largest absolute Gasteiger partial charge is 0.339 e. The number of aryl methyl sites for hydroxylation is 1. The molecular weight excluding hydrogens is 383 g/mol. The van der Waals surface area contributed by atoms with E-state index in [2.05, 4.69) is 0 Å². The Labute approximate surface area is 166 Å². The number of para-hydroxylation sites is 1. The summed E-state index contributed by atoms with van der Waals surface area (Å²) in [4.78, 5) is 15.8. The molecule has 136 valence electrons. The summed E-state index contributed by atoms with van der Waals surface area (Å²) in [6, 6.07) is 19.6. The molecule has 0 spiro atoms. The van der Waals surface area contributed by atoms with Gasteiger partial charge in [-0.05, 0) is 55.3 Å². The normalized spacial score (nSPS) is 13.7. The standard InChI is InChI=1S/C21H16ClFN2OS/c1-14-9-11-15(12-10-14)25-21(26)24(19-7-2-3-8-20(19)27-25)13-16-17(22)5-4-6-18(16)23/h2-12H,13H2,1H3. The van der Waals surface area contributed by atoms with Crippen molar-refractivity contribution in [3.05, 3.63) is 88.7 Å². The maximum atomic E-state index is 14.3. The Bertz CT molecular complexity index is 989. The monoisotopic (exact) mass is 398 g/mol. The number of anilines is 2. The van der Waals surface area contributed by atoms with Gasteiger partial charge in [0.2, 0.25) is 0 Å². The molecule has 1 heterocycles. The minimum absolute atomic E-state index is 0.0598. The minimum atomic E-state index is -0.423. The number of hydrogen-bond donors (Lipinski definition) is 0. The summed E-state index contributed by atoms with van der Waals surface area (Å²) < 4.78 is 16.0. The van der Waals surface area contributed by atoms with Gasteiger partial charge in [0.15, 0.2) is 0 Å². The summed E-state index contributed by atoms with van der Waals surface area (Å²) >= 11 is 7.56. The fourth-order valence-electron chi connectivity index (χ4n) is 2.95. The third-order valence-electron chi connectivity index (χ3n) is 4.40. The summed E-state index contributed by atoms with van der Waals surface area (Å²) in [5.41, 5.74) is 2.94. The van der Waals surface area contributed by atoms with Gasteiger partial charge in [-0.1, -0.05) is 47.5 Å². The highest BCUT2D eigenvalue weighted by Gasteiger charge is 2.33. The fraction of sp³-hybridized carbons (Fsp3) is 0.0952. The molecule has 0 aliphatic carbocycles. The van der Waals surface area contributed by atoms with Gasteiger partial charge in [0.05, 0.1) is 22.8 Å². The molecule has 0 bridgehead atoms. The second-order valence-corrected chi connectivity index (χ2v) is 7.65.